The van der Waals surface area contributed by atoms with E-state index >= 15 is 0 Å². The number of fused-ring (bicyclic) bond motifs is 16. The average molecular weight is 1140 g/mol. The van der Waals surface area contributed by atoms with E-state index in [4.69, 9.17) is 19.9 Å². The van der Waals surface area contributed by atoms with Crippen molar-refractivity contribution in [1.82, 2.24) is 43.2 Å². The molecular formula is C80H49N9. The molecule has 8 aromatic heterocycles. The van der Waals surface area contributed by atoms with Gasteiger partial charge in [-0.25, -0.2) is 19.9 Å². The molecule has 0 aliphatic rings. The van der Waals surface area contributed by atoms with Crippen molar-refractivity contribution in [2.75, 3.05) is 0 Å². The molecule has 19 aromatic rings. The van der Waals surface area contributed by atoms with Gasteiger partial charge in [0, 0.05) is 76.5 Å². The summed E-state index contributed by atoms with van der Waals surface area (Å²) in [6.45, 7) is 0. The summed E-state index contributed by atoms with van der Waals surface area (Å²) < 4.78 is 9.49. The van der Waals surface area contributed by atoms with Crippen LogP contribution in [-0.4, -0.2) is 43.2 Å². The van der Waals surface area contributed by atoms with Crippen LogP contribution in [0.3, 0.4) is 0 Å². The number of benzene rings is 11. The smallest absolute Gasteiger partial charge is 0.165 e. The van der Waals surface area contributed by atoms with E-state index in [1.54, 1.807) is 0 Å². The lowest BCUT2D eigenvalue weighted by Crippen LogP contribution is -2.12. The molecule has 0 radical (unpaired) electrons. The van der Waals surface area contributed by atoms with Crippen molar-refractivity contribution < 1.29 is 0 Å². The molecule has 9 nitrogen and oxygen atoms in total. The molecule has 414 valence electrons. The second kappa shape index (κ2) is 19.2. The first-order valence-electron chi connectivity index (χ1n) is 30.1. The number of hydrogen-bond donors (Lipinski definition) is 1. The fourth-order valence-electron chi connectivity index (χ4n) is 14.2. The van der Waals surface area contributed by atoms with Gasteiger partial charge >= 0.3 is 0 Å². The van der Waals surface area contributed by atoms with Crippen molar-refractivity contribution >= 4 is 109 Å². The maximum absolute atomic E-state index is 6.13. The van der Waals surface area contributed by atoms with Gasteiger partial charge < -0.3 is 14.1 Å². The highest BCUT2D eigenvalue weighted by molar-refractivity contribution is 6.24. The van der Waals surface area contributed by atoms with Crippen molar-refractivity contribution in [2.24, 2.45) is 0 Å². The summed E-state index contributed by atoms with van der Waals surface area (Å²) in [5.41, 5.74) is 19.7. The minimum atomic E-state index is 0.624. The lowest BCUT2D eigenvalue weighted by atomic mass is 10.0. The second-order valence-electron chi connectivity index (χ2n) is 23.0. The summed E-state index contributed by atoms with van der Waals surface area (Å²) in [4.78, 5) is 26.7. The fraction of sp³-hybridized carbons (Fsp3) is 0. The van der Waals surface area contributed by atoms with Crippen LogP contribution >= 0.6 is 0 Å². The van der Waals surface area contributed by atoms with E-state index in [2.05, 4.69) is 308 Å². The van der Waals surface area contributed by atoms with Gasteiger partial charge in [0.25, 0.3) is 0 Å². The molecule has 1 N–H and O–H groups in total. The summed E-state index contributed by atoms with van der Waals surface area (Å²) >= 11 is 0. The Morgan fingerprint density at radius 3 is 1.44 bits per heavy atom. The van der Waals surface area contributed by atoms with E-state index in [-0.39, 0.29) is 0 Å². The van der Waals surface area contributed by atoms with Gasteiger partial charge in [0.2, 0.25) is 0 Å². The zero-order chi connectivity index (χ0) is 58.3. The summed E-state index contributed by atoms with van der Waals surface area (Å²) in [7, 11) is 0. The molecule has 89 heavy (non-hydrogen) atoms. The summed E-state index contributed by atoms with van der Waals surface area (Å²) in [6.07, 6.45) is 0. The number of nitrogens with zero attached hydrogens (tertiary/aromatic N) is 8. The van der Waals surface area contributed by atoms with Gasteiger partial charge in [0.05, 0.1) is 83.3 Å². The Bertz CT molecular complexity index is 5940. The third kappa shape index (κ3) is 7.36. The molecule has 11 aromatic carbocycles. The monoisotopic (exact) mass is 1140 g/mol. The van der Waals surface area contributed by atoms with Gasteiger partial charge in [-0.1, -0.05) is 200 Å². The highest BCUT2D eigenvalue weighted by Crippen LogP contribution is 2.46. The Morgan fingerprint density at radius 2 is 0.787 bits per heavy atom. The van der Waals surface area contributed by atoms with Gasteiger partial charge in [-0.3, -0.25) is 9.13 Å². The van der Waals surface area contributed by atoms with Crippen molar-refractivity contribution in [3.05, 3.63) is 291 Å². The van der Waals surface area contributed by atoms with Crippen LogP contribution in [0, 0.1) is 0 Å². The van der Waals surface area contributed by atoms with Crippen LogP contribution in [0.2, 0.25) is 0 Å². The summed E-state index contributed by atoms with van der Waals surface area (Å²) in [5, 5.41) is 10.2. The van der Waals surface area contributed by atoms with E-state index in [1.807, 2.05) is 6.07 Å². The van der Waals surface area contributed by atoms with Crippen LogP contribution in [-0.2, 0) is 0 Å². The van der Waals surface area contributed by atoms with Crippen LogP contribution in [0.4, 0.5) is 0 Å². The largest absolute Gasteiger partial charge is 0.354 e. The first kappa shape index (κ1) is 49.1. The number of H-pyrrole nitrogens is 1. The molecule has 0 aliphatic heterocycles. The van der Waals surface area contributed by atoms with Crippen LogP contribution in [0.5, 0.6) is 0 Å². The van der Waals surface area contributed by atoms with Gasteiger partial charge in [-0.05, 0) is 91.0 Å². The average Bonchev–Trinajstić information content (AvgIpc) is 1.64. The topological polar surface area (TPSA) is 87.1 Å². The molecular weight excluding hydrogens is 1090 g/mol. The predicted molar refractivity (Wildman–Crippen MR) is 366 cm³/mol. The maximum Gasteiger partial charge on any atom is 0.165 e. The minimum absolute atomic E-state index is 0.624. The Labute approximate surface area is 508 Å². The van der Waals surface area contributed by atoms with Gasteiger partial charge in [0.1, 0.15) is 5.82 Å². The Kier molecular flexibility index (Phi) is 10.6. The van der Waals surface area contributed by atoms with Crippen LogP contribution in [0.25, 0.3) is 177 Å². The first-order chi connectivity index (χ1) is 44.2. The summed E-state index contributed by atoms with van der Waals surface area (Å²) in [5.74, 6) is 2.11. The number of nitrogens with one attached hydrogen (secondary N) is 1. The molecule has 0 saturated carbocycles. The molecule has 0 bridgehead atoms. The Morgan fingerprint density at radius 1 is 0.281 bits per heavy atom. The third-order valence-corrected chi connectivity index (χ3v) is 18.1. The normalized spacial score (nSPS) is 12.0. The minimum Gasteiger partial charge on any atom is -0.354 e. The van der Waals surface area contributed by atoms with E-state index < -0.39 is 0 Å². The molecule has 0 amide bonds. The molecule has 8 heterocycles. The van der Waals surface area contributed by atoms with E-state index in [0.717, 1.165) is 161 Å². The SMILES string of the molecule is c1ccc(-c2cc(-c3cc(-n4c5ccccc5c5cc(-c6ccc7c(n6)c6c8[nH]c9ccccc9c8ccc6n7-c6ccccc6)ccc54)nc(-n4c5ccccc5c5ccccc54)c3-n3c4ccccc4c4ccccc43)nc(-c3ccccc3)n2)cc1. The van der Waals surface area contributed by atoms with Gasteiger partial charge in [0.15, 0.2) is 11.6 Å². The zero-order valence-electron chi connectivity index (χ0n) is 47.8. The van der Waals surface area contributed by atoms with E-state index in [1.165, 1.54) is 10.8 Å². The Hall–Kier alpha value is -12.2. The maximum atomic E-state index is 6.13. The zero-order valence-corrected chi connectivity index (χ0v) is 47.8. The van der Waals surface area contributed by atoms with E-state index in [0.29, 0.717) is 5.82 Å². The molecule has 0 saturated heterocycles. The molecule has 0 aliphatic carbocycles. The Balaban J connectivity index is 0.915. The number of para-hydroxylation sites is 7. The van der Waals surface area contributed by atoms with Crippen molar-refractivity contribution in [2.45, 2.75) is 0 Å². The highest BCUT2D eigenvalue weighted by Gasteiger charge is 2.29. The van der Waals surface area contributed by atoms with Crippen molar-refractivity contribution in [1.29, 1.82) is 0 Å². The molecule has 0 spiro atoms. The van der Waals surface area contributed by atoms with Crippen molar-refractivity contribution in [3.63, 3.8) is 0 Å². The third-order valence-electron chi connectivity index (χ3n) is 18.1. The van der Waals surface area contributed by atoms with Gasteiger partial charge in [-0.15, -0.1) is 0 Å². The molecule has 19 rings (SSSR count). The molecule has 0 fully saturated rings. The van der Waals surface area contributed by atoms with E-state index in [9.17, 15) is 0 Å². The van der Waals surface area contributed by atoms with Gasteiger partial charge in [-0.2, -0.15) is 0 Å². The molecule has 0 atom stereocenters. The van der Waals surface area contributed by atoms with Crippen molar-refractivity contribution in [3.8, 4) is 68.2 Å². The molecule has 9 heteroatoms. The summed E-state index contributed by atoms with van der Waals surface area (Å²) in [6, 6.07) is 104. The number of hydrogen-bond acceptors (Lipinski definition) is 4. The number of rotatable bonds is 8. The van der Waals surface area contributed by atoms with Crippen LogP contribution in [0.15, 0.2) is 291 Å². The standard InChI is InChI=1S/C80H49N9/c1-4-22-49(23-5-1)64-48-65(84-79(83-64)50-24-6-2-7-25-50)61-47-74(85-80(89-69-38-20-13-31-56(69)57-32-14-21-39-70(57)89)78(61)88-67-36-18-11-29-54(67)55-30-12-19-37-68(55)88)87-66-35-17-15-33-58(66)60-46-51(40-43-71(60)87)62-42-45-73-77(81-62)75-72(86(73)52-26-8-3-9-27-52)44-41-59-53-28-10-16-34-63(53)82-76(59)75/h1-48,82H. The van der Waals surface area contributed by atoms with Crippen LogP contribution < -0.4 is 0 Å². The predicted octanol–water partition coefficient (Wildman–Crippen LogP) is 20.0. The lowest BCUT2D eigenvalue weighted by molar-refractivity contribution is 0.982. The number of pyridine rings is 2. The fourth-order valence-corrected chi connectivity index (χ4v) is 14.2. The first-order valence-corrected chi connectivity index (χ1v) is 30.1. The number of aromatic nitrogens is 9. The quantitative estimate of drug-likeness (QED) is 0.164. The van der Waals surface area contributed by atoms with Crippen LogP contribution in [0.1, 0.15) is 0 Å². The molecule has 0 unspecified atom stereocenters. The lowest BCUT2D eigenvalue weighted by Gasteiger charge is -2.22. The second-order valence-corrected chi connectivity index (χ2v) is 23.0. The highest BCUT2D eigenvalue weighted by atomic mass is 15.2. The number of aromatic amines is 1.